The average molecular weight is 414 g/mol. The average Bonchev–Trinajstić information content (AvgIpc) is 2.69. The summed E-state index contributed by atoms with van der Waals surface area (Å²) in [6.45, 7) is 10.5. The van der Waals surface area contributed by atoms with Crippen LogP contribution in [0, 0.1) is 13.8 Å². The maximum atomic E-state index is 12.4. The minimum absolute atomic E-state index is 0.0534. The van der Waals surface area contributed by atoms with E-state index < -0.39 is 11.9 Å². The number of carbonyl (C=O) groups is 2. The van der Waals surface area contributed by atoms with Crippen LogP contribution in [0.5, 0.6) is 11.5 Å². The molecule has 2 aromatic carbocycles. The molecule has 1 N–H and O–H groups in total. The molecule has 0 aliphatic rings. The zero-order valence-electron chi connectivity index (χ0n) is 18.8. The van der Waals surface area contributed by atoms with Crippen LogP contribution in [0.2, 0.25) is 0 Å². The van der Waals surface area contributed by atoms with E-state index in [0.717, 1.165) is 16.7 Å². The fourth-order valence-corrected chi connectivity index (χ4v) is 3.05. The predicted octanol–water partition coefficient (Wildman–Crippen LogP) is 4.09. The van der Waals surface area contributed by atoms with Crippen molar-refractivity contribution in [2.45, 2.75) is 46.6 Å². The molecule has 0 radical (unpaired) electrons. The van der Waals surface area contributed by atoms with Gasteiger partial charge in [-0.25, -0.2) is 0 Å². The van der Waals surface area contributed by atoms with Crippen molar-refractivity contribution in [3.8, 4) is 11.5 Å². The highest BCUT2D eigenvalue weighted by Crippen LogP contribution is 2.27. The van der Waals surface area contributed by atoms with Crippen molar-refractivity contribution in [3.63, 3.8) is 0 Å². The topological polar surface area (TPSA) is 73.9 Å². The van der Waals surface area contributed by atoms with Crippen molar-refractivity contribution in [1.82, 2.24) is 5.32 Å². The number of amides is 1. The van der Waals surface area contributed by atoms with E-state index in [0.29, 0.717) is 17.1 Å². The number of nitrogens with one attached hydrogen (secondary N) is 1. The molecule has 0 aromatic heterocycles. The van der Waals surface area contributed by atoms with Gasteiger partial charge in [0.1, 0.15) is 24.7 Å². The van der Waals surface area contributed by atoms with E-state index in [1.54, 1.807) is 18.2 Å². The van der Waals surface area contributed by atoms with Crippen LogP contribution in [0.4, 0.5) is 0 Å². The molecular weight excluding hydrogens is 382 g/mol. The minimum atomic E-state index is -0.503. The van der Waals surface area contributed by atoms with Crippen molar-refractivity contribution < 1.29 is 23.8 Å². The van der Waals surface area contributed by atoms with Gasteiger partial charge >= 0.3 is 5.97 Å². The van der Waals surface area contributed by atoms with Gasteiger partial charge < -0.3 is 19.5 Å². The van der Waals surface area contributed by atoms with Crippen LogP contribution in [0.25, 0.3) is 0 Å². The number of carbonyl (C=O) groups excluding carboxylic acids is 2. The van der Waals surface area contributed by atoms with E-state index in [2.05, 4.69) is 38.2 Å². The summed E-state index contributed by atoms with van der Waals surface area (Å²) < 4.78 is 15.7. The van der Waals surface area contributed by atoms with Gasteiger partial charge in [-0.2, -0.15) is 0 Å². The largest absolute Gasteiger partial charge is 0.497 e. The first-order valence-corrected chi connectivity index (χ1v) is 9.82. The van der Waals surface area contributed by atoms with Crippen LogP contribution in [0.1, 0.15) is 53.4 Å². The number of rotatable bonds is 7. The Morgan fingerprint density at radius 2 is 1.43 bits per heavy atom. The Morgan fingerprint density at radius 3 is 1.90 bits per heavy atom. The lowest BCUT2D eigenvalue weighted by Gasteiger charge is -2.22. The van der Waals surface area contributed by atoms with E-state index in [4.69, 9.17) is 14.2 Å². The van der Waals surface area contributed by atoms with Crippen molar-refractivity contribution in [1.29, 1.82) is 0 Å². The number of esters is 1. The van der Waals surface area contributed by atoms with E-state index in [1.165, 1.54) is 19.8 Å². The molecule has 0 unspecified atom stereocenters. The Kier molecular flexibility index (Phi) is 7.48. The number of hydrogen-bond acceptors (Lipinski definition) is 5. The second-order valence-electron chi connectivity index (χ2n) is 8.28. The molecule has 6 heteroatoms. The van der Waals surface area contributed by atoms with Gasteiger partial charge in [0.05, 0.1) is 14.2 Å². The molecule has 0 spiro atoms. The first-order chi connectivity index (χ1) is 14.0. The smallest absolute Gasteiger partial charge is 0.325 e. The highest BCUT2D eigenvalue weighted by Gasteiger charge is 2.17. The molecule has 0 atom stereocenters. The number of benzene rings is 2. The lowest BCUT2D eigenvalue weighted by molar-refractivity contribution is -0.143. The van der Waals surface area contributed by atoms with Gasteiger partial charge in [-0.05, 0) is 53.6 Å². The quantitative estimate of drug-likeness (QED) is 0.692. The van der Waals surface area contributed by atoms with E-state index in [1.807, 2.05) is 13.8 Å². The molecule has 0 saturated heterocycles. The van der Waals surface area contributed by atoms with Crippen molar-refractivity contribution in [2.24, 2.45) is 0 Å². The number of aryl methyl sites for hydroxylation is 2. The summed E-state index contributed by atoms with van der Waals surface area (Å²) in [5.74, 6) is 0.0708. The Labute approximate surface area is 178 Å². The first kappa shape index (κ1) is 23.3. The van der Waals surface area contributed by atoms with E-state index in [-0.39, 0.29) is 18.6 Å². The van der Waals surface area contributed by atoms with Crippen LogP contribution in [-0.2, 0) is 21.6 Å². The molecule has 162 valence electrons. The second-order valence-corrected chi connectivity index (χ2v) is 8.28. The van der Waals surface area contributed by atoms with Gasteiger partial charge in [-0.1, -0.05) is 32.9 Å². The maximum Gasteiger partial charge on any atom is 0.325 e. The zero-order chi connectivity index (χ0) is 22.5. The van der Waals surface area contributed by atoms with Crippen LogP contribution >= 0.6 is 0 Å². The maximum absolute atomic E-state index is 12.4. The molecule has 0 saturated carbocycles. The third kappa shape index (κ3) is 5.99. The fraction of sp³-hybridized carbons (Fsp3) is 0.417. The number of ether oxygens (including phenoxy) is 3. The van der Waals surface area contributed by atoms with Crippen molar-refractivity contribution >= 4 is 11.9 Å². The summed E-state index contributed by atoms with van der Waals surface area (Å²) in [6, 6.07) is 9.09. The lowest BCUT2D eigenvalue weighted by Crippen LogP contribution is -2.30. The summed E-state index contributed by atoms with van der Waals surface area (Å²) in [4.78, 5) is 24.5. The second kappa shape index (κ2) is 9.65. The standard InChI is InChI=1S/C24H31NO5/c1-15-8-18(24(3,4)5)9-16(2)21(15)14-30-22(26)13-25-23(27)17-10-19(28-6)12-20(11-17)29-7/h8-12H,13-14H2,1-7H3,(H,25,27). The molecular formula is C24H31NO5. The zero-order valence-corrected chi connectivity index (χ0v) is 18.8. The number of hydrogen-bond donors (Lipinski definition) is 1. The fourth-order valence-electron chi connectivity index (χ4n) is 3.05. The summed E-state index contributed by atoms with van der Waals surface area (Å²) in [5, 5.41) is 2.57. The van der Waals surface area contributed by atoms with Gasteiger partial charge in [0.2, 0.25) is 0 Å². The summed E-state index contributed by atoms with van der Waals surface area (Å²) in [5.41, 5.74) is 4.79. The summed E-state index contributed by atoms with van der Waals surface area (Å²) >= 11 is 0. The van der Waals surface area contributed by atoms with Crippen LogP contribution in [0.3, 0.4) is 0 Å². The van der Waals surface area contributed by atoms with Gasteiger partial charge in [0.15, 0.2) is 0 Å². The van der Waals surface area contributed by atoms with Gasteiger partial charge in [-0.3, -0.25) is 9.59 Å². The molecule has 6 nitrogen and oxygen atoms in total. The molecule has 0 aliphatic carbocycles. The van der Waals surface area contributed by atoms with Crippen LogP contribution in [-0.4, -0.2) is 32.6 Å². The van der Waals surface area contributed by atoms with Crippen molar-refractivity contribution in [2.75, 3.05) is 20.8 Å². The molecule has 0 bridgehead atoms. The molecule has 0 heterocycles. The van der Waals surface area contributed by atoms with Crippen molar-refractivity contribution in [3.05, 3.63) is 58.1 Å². The van der Waals surface area contributed by atoms with E-state index >= 15 is 0 Å². The van der Waals surface area contributed by atoms with Crippen LogP contribution < -0.4 is 14.8 Å². The highest BCUT2D eigenvalue weighted by molar-refractivity contribution is 5.96. The molecule has 0 fully saturated rings. The monoisotopic (exact) mass is 413 g/mol. The summed E-state index contributed by atoms with van der Waals surface area (Å²) in [7, 11) is 3.01. The molecule has 0 aliphatic heterocycles. The molecule has 1 amide bonds. The third-order valence-corrected chi connectivity index (χ3v) is 4.95. The normalized spacial score (nSPS) is 11.0. The highest BCUT2D eigenvalue weighted by atomic mass is 16.5. The predicted molar refractivity (Wildman–Crippen MR) is 116 cm³/mol. The van der Waals surface area contributed by atoms with E-state index in [9.17, 15) is 9.59 Å². The SMILES string of the molecule is COc1cc(OC)cc(C(=O)NCC(=O)OCc2c(C)cc(C(C)(C)C)cc2C)c1. The Morgan fingerprint density at radius 1 is 0.900 bits per heavy atom. The Bertz CT molecular complexity index is 882. The summed E-state index contributed by atoms with van der Waals surface area (Å²) in [6.07, 6.45) is 0. The minimum Gasteiger partial charge on any atom is -0.497 e. The van der Waals surface area contributed by atoms with Gasteiger partial charge in [0.25, 0.3) is 5.91 Å². The van der Waals surface area contributed by atoms with Crippen LogP contribution in [0.15, 0.2) is 30.3 Å². The molecule has 2 rings (SSSR count). The lowest BCUT2D eigenvalue weighted by atomic mass is 9.84. The molecule has 30 heavy (non-hydrogen) atoms. The first-order valence-electron chi connectivity index (χ1n) is 9.82. The van der Waals surface area contributed by atoms with Gasteiger partial charge in [0, 0.05) is 11.6 Å². The number of methoxy groups -OCH3 is 2. The Hall–Kier alpha value is -3.02. The Balaban J connectivity index is 1.97. The van der Waals surface area contributed by atoms with Gasteiger partial charge in [-0.15, -0.1) is 0 Å². The molecule has 2 aromatic rings. The third-order valence-electron chi connectivity index (χ3n) is 4.95.